The van der Waals surface area contributed by atoms with E-state index in [0.29, 0.717) is 17.9 Å². The van der Waals surface area contributed by atoms with E-state index in [1.807, 2.05) is 0 Å². The predicted molar refractivity (Wildman–Crippen MR) is 94.6 cm³/mol. The van der Waals surface area contributed by atoms with Gasteiger partial charge in [0.1, 0.15) is 0 Å². The van der Waals surface area contributed by atoms with E-state index in [1.165, 1.54) is 16.8 Å². The van der Waals surface area contributed by atoms with Crippen molar-refractivity contribution in [1.82, 2.24) is 0 Å². The van der Waals surface area contributed by atoms with Crippen molar-refractivity contribution in [2.75, 3.05) is 5.32 Å². The molecule has 3 atom stereocenters. The third kappa shape index (κ3) is 2.27. The van der Waals surface area contributed by atoms with Crippen molar-refractivity contribution < 1.29 is 0 Å². The van der Waals surface area contributed by atoms with Gasteiger partial charge in [-0.15, -0.1) is 0 Å². The van der Waals surface area contributed by atoms with Gasteiger partial charge in [0, 0.05) is 14.9 Å². The van der Waals surface area contributed by atoms with Crippen LogP contribution in [0.2, 0.25) is 0 Å². The van der Waals surface area contributed by atoms with Crippen molar-refractivity contribution in [2.45, 2.75) is 18.4 Å². The number of para-hydroxylation sites is 1. The second-order valence-corrected chi connectivity index (χ2v) is 7.50. The minimum absolute atomic E-state index is 0.355. The standard InChI is InChI=1S/C18H15Br2N/c19-12-5-1-4-11(10-12)17-14-7-2-6-13(14)15-8-3-9-16(20)18(15)21-17/h1-6,8-10,13-14,17,21H,7H2/t13-,14+,17-/m0/s1. The number of fused-ring (bicyclic) bond motifs is 3. The molecule has 1 aliphatic carbocycles. The van der Waals surface area contributed by atoms with Gasteiger partial charge >= 0.3 is 0 Å². The third-order valence-corrected chi connectivity index (χ3v) is 5.71. The number of allylic oxidation sites excluding steroid dienone is 2. The first-order chi connectivity index (χ1) is 10.2. The molecule has 2 aromatic carbocycles. The van der Waals surface area contributed by atoms with Gasteiger partial charge in [-0.1, -0.05) is 52.3 Å². The van der Waals surface area contributed by atoms with Crippen LogP contribution < -0.4 is 5.32 Å². The lowest BCUT2D eigenvalue weighted by molar-refractivity contribution is 0.425. The normalized spacial score (nSPS) is 26.1. The molecule has 1 N–H and O–H groups in total. The Hall–Kier alpha value is -1.06. The van der Waals surface area contributed by atoms with Crippen LogP contribution in [-0.2, 0) is 0 Å². The Bertz CT molecular complexity index is 723. The van der Waals surface area contributed by atoms with E-state index in [1.54, 1.807) is 0 Å². The van der Waals surface area contributed by atoms with Crippen LogP contribution >= 0.6 is 31.9 Å². The summed E-state index contributed by atoms with van der Waals surface area (Å²) in [5, 5.41) is 3.77. The summed E-state index contributed by atoms with van der Waals surface area (Å²) >= 11 is 7.29. The molecular formula is C18H15Br2N. The van der Waals surface area contributed by atoms with E-state index in [4.69, 9.17) is 0 Å². The average Bonchev–Trinajstić information content (AvgIpc) is 2.96. The van der Waals surface area contributed by atoms with Crippen molar-refractivity contribution in [3.05, 3.63) is 74.7 Å². The molecule has 0 aromatic heterocycles. The van der Waals surface area contributed by atoms with Crippen molar-refractivity contribution in [1.29, 1.82) is 0 Å². The lowest BCUT2D eigenvalue weighted by atomic mass is 9.77. The Balaban J connectivity index is 1.83. The summed E-state index contributed by atoms with van der Waals surface area (Å²) < 4.78 is 2.29. The van der Waals surface area contributed by atoms with Crippen molar-refractivity contribution >= 4 is 37.5 Å². The van der Waals surface area contributed by atoms with Crippen molar-refractivity contribution in [2.24, 2.45) is 5.92 Å². The molecule has 0 unspecified atom stereocenters. The van der Waals surface area contributed by atoms with Crippen molar-refractivity contribution in [3.63, 3.8) is 0 Å². The van der Waals surface area contributed by atoms with E-state index in [-0.39, 0.29) is 0 Å². The highest BCUT2D eigenvalue weighted by molar-refractivity contribution is 9.10. The fourth-order valence-corrected chi connectivity index (χ4v) is 4.53. The summed E-state index contributed by atoms with van der Waals surface area (Å²) in [5.74, 6) is 1.11. The minimum Gasteiger partial charge on any atom is -0.377 e. The zero-order chi connectivity index (χ0) is 14.4. The highest BCUT2D eigenvalue weighted by Crippen LogP contribution is 2.51. The van der Waals surface area contributed by atoms with Gasteiger partial charge in [-0.2, -0.15) is 0 Å². The van der Waals surface area contributed by atoms with Gasteiger partial charge in [-0.05, 0) is 57.6 Å². The Morgan fingerprint density at radius 1 is 1.05 bits per heavy atom. The van der Waals surface area contributed by atoms with Gasteiger partial charge in [-0.3, -0.25) is 0 Å². The fraction of sp³-hybridized carbons (Fsp3) is 0.222. The van der Waals surface area contributed by atoms with Gasteiger partial charge in [0.2, 0.25) is 0 Å². The lowest BCUT2D eigenvalue weighted by Crippen LogP contribution is -2.29. The van der Waals surface area contributed by atoms with Gasteiger partial charge < -0.3 is 5.32 Å². The number of hydrogen-bond acceptors (Lipinski definition) is 1. The maximum atomic E-state index is 3.77. The molecule has 4 rings (SSSR count). The molecule has 0 fully saturated rings. The number of hydrogen-bond donors (Lipinski definition) is 1. The van der Waals surface area contributed by atoms with E-state index >= 15 is 0 Å². The van der Waals surface area contributed by atoms with Crippen molar-refractivity contribution in [3.8, 4) is 0 Å². The van der Waals surface area contributed by atoms with Crippen LogP contribution in [0.4, 0.5) is 5.69 Å². The highest BCUT2D eigenvalue weighted by atomic mass is 79.9. The molecule has 3 heteroatoms. The molecule has 0 saturated heterocycles. The monoisotopic (exact) mass is 403 g/mol. The van der Waals surface area contributed by atoms with E-state index < -0.39 is 0 Å². The molecule has 106 valence electrons. The molecule has 0 bridgehead atoms. The molecule has 1 aliphatic heterocycles. The SMILES string of the molecule is Brc1cccc([C@@H]2Nc3c(Br)cccc3[C@H]3C=CC[C@H]32)c1. The number of nitrogens with one attached hydrogen (secondary N) is 1. The van der Waals surface area contributed by atoms with Gasteiger partial charge in [0.25, 0.3) is 0 Å². The number of halogens is 2. The number of rotatable bonds is 1. The summed E-state index contributed by atoms with van der Waals surface area (Å²) in [7, 11) is 0. The zero-order valence-electron chi connectivity index (χ0n) is 11.4. The molecule has 0 spiro atoms. The Labute approximate surface area is 141 Å². The van der Waals surface area contributed by atoms with Crippen LogP contribution in [0.3, 0.4) is 0 Å². The largest absolute Gasteiger partial charge is 0.377 e. The van der Waals surface area contributed by atoms with Crippen LogP contribution in [0.25, 0.3) is 0 Å². The number of benzene rings is 2. The summed E-state index contributed by atoms with van der Waals surface area (Å²) in [6, 6.07) is 15.5. The molecule has 1 heterocycles. The summed E-state index contributed by atoms with van der Waals surface area (Å²) in [4.78, 5) is 0. The van der Waals surface area contributed by atoms with Crippen LogP contribution in [-0.4, -0.2) is 0 Å². The molecule has 2 aliphatic rings. The molecule has 1 nitrogen and oxygen atoms in total. The average molecular weight is 405 g/mol. The summed E-state index contributed by atoms with van der Waals surface area (Å²) in [5.41, 5.74) is 4.01. The van der Waals surface area contributed by atoms with E-state index in [0.717, 1.165) is 15.4 Å². The predicted octanol–water partition coefficient (Wildman–Crippen LogP) is 6.04. The maximum Gasteiger partial charge on any atom is 0.0554 e. The van der Waals surface area contributed by atoms with Crippen LogP contribution in [0.15, 0.2) is 63.6 Å². The first-order valence-electron chi connectivity index (χ1n) is 7.21. The fourth-order valence-electron chi connectivity index (χ4n) is 3.61. The smallest absolute Gasteiger partial charge is 0.0554 e. The lowest BCUT2D eigenvalue weighted by Gasteiger charge is -2.38. The topological polar surface area (TPSA) is 12.0 Å². The van der Waals surface area contributed by atoms with Gasteiger partial charge in [0.05, 0.1) is 11.7 Å². The Kier molecular flexibility index (Phi) is 3.43. The Morgan fingerprint density at radius 2 is 1.90 bits per heavy atom. The number of anilines is 1. The van der Waals surface area contributed by atoms with Crippen LogP contribution in [0.5, 0.6) is 0 Å². The minimum atomic E-state index is 0.355. The molecule has 0 saturated carbocycles. The molecule has 0 radical (unpaired) electrons. The first-order valence-corrected chi connectivity index (χ1v) is 8.80. The van der Waals surface area contributed by atoms with Gasteiger partial charge in [-0.25, -0.2) is 0 Å². The first kappa shape index (κ1) is 13.6. The summed E-state index contributed by atoms with van der Waals surface area (Å²) in [6.07, 6.45) is 5.85. The van der Waals surface area contributed by atoms with Crippen LogP contribution in [0, 0.1) is 5.92 Å². The Morgan fingerprint density at radius 3 is 2.76 bits per heavy atom. The molecule has 2 aromatic rings. The molecular weight excluding hydrogens is 390 g/mol. The maximum absolute atomic E-state index is 3.77. The van der Waals surface area contributed by atoms with E-state index in [9.17, 15) is 0 Å². The molecule has 0 amide bonds. The third-order valence-electron chi connectivity index (χ3n) is 4.55. The molecule has 21 heavy (non-hydrogen) atoms. The van der Waals surface area contributed by atoms with Crippen LogP contribution in [0.1, 0.15) is 29.5 Å². The second-order valence-electron chi connectivity index (χ2n) is 5.73. The second kappa shape index (κ2) is 5.29. The summed E-state index contributed by atoms with van der Waals surface area (Å²) in [6.45, 7) is 0. The van der Waals surface area contributed by atoms with Gasteiger partial charge in [0.15, 0.2) is 0 Å². The quantitative estimate of drug-likeness (QED) is 0.571. The van der Waals surface area contributed by atoms with E-state index in [2.05, 4.69) is 91.8 Å². The zero-order valence-corrected chi connectivity index (χ0v) is 14.6. The highest BCUT2D eigenvalue weighted by Gasteiger charge is 2.38.